The minimum Gasteiger partial charge on any atom is -0.478 e. The topological polar surface area (TPSA) is 77.9 Å². The maximum absolute atomic E-state index is 14.1. The van der Waals surface area contributed by atoms with E-state index < -0.39 is 32.3 Å². The van der Waals surface area contributed by atoms with Crippen LogP contribution in [-0.2, 0) is 10.0 Å². The third kappa shape index (κ3) is 4.69. The number of likely N-dealkylation sites (tertiary alicyclic amines) is 1. The third-order valence-electron chi connectivity index (χ3n) is 4.28. The normalized spacial score (nSPS) is 17.2. The second-order valence-corrected chi connectivity index (χ2v) is 8.89. The van der Waals surface area contributed by atoms with Gasteiger partial charge in [0.25, 0.3) is 0 Å². The van der Waals surface area contributed by atoms with Crippen LogP contribution in [0, 0.1) is 11.7 Å². The molecule has 1 aromatic rings. The van der Waals surface area contributed by atoms with Crippen LogP contribution in [0.2, 0.25) is 5.02 Å². The minimum absolute atomic E-state index is 0.0622. The predicted molar refractivity (Wildman–Crippen MR) is 93.0 cm³/mol. The zero-order valence-corrected chi connectivity index (χ0v) is 15.8. The predicted octanol–water partition coefficient (Wildman–Crippen LogP) is 2.53. The number of carboxylic acid groups (broad SMARTS) is 1. The molecule has 1 atom stereocenters. The summed E-state index contributed by atoms with van der Waals surface area (Å²) in [6.07, 6.45) is 2.30. The Morgan fingerprint density at radius 1 is 1.40 bits per heavy atom. The van der Waals surface area contributed by atoms with Crippen LogP contribution in [-0.4, -0.2) is 61.9 Å². The third-order valence-corrected chi connectivity index (χ3v) is 6.43. The highest BCUT2D eigenvalue weighted by molar-refractivity contribution is 7.89. The van der Waals surface area contributed by atoms with Crippen LogP contribution in [0.15, 0.2) is 17.0 Å². The maximum atomic E-state index is 14.1. The Bertz CT molecular complexity index is 751. The van der Waals surface area contributed by atoms with Gasteiger partial charge in [-0.1, -0.05) is 18.5 Å². The van der Waals surface area contributed by atoms with E-state index >= 15 is 0 Å². The van der Waals surface area contributed by atoms with Crippen molar-refractivity contribution in [3.63, 3.8) is 0 Å². The molecule has 0 radical (unpaired) electrons. The van der Waals surface area contributed by atoms with Crippen molar-refractivity contribution < 1.29 is 22.7 Å². The summed E-state index contributed by atoms with van der Waals surface area (Å²) in [5.74, 6) is -2.41. The van der Waals surface area contributed by atoms with Gasteiger partial charge in [-0.2, -0.15) is 0 Å². The quantitative estimate of drug-likeness (QED) is 0.771. The van der Waals surface area contributed by atoms with Gasteiger partial charge in [0.1, 0.15) is 10.7 Å². The molecule has 2 rings (SSSR count). The van der Waals surface area contributed by atoms with E-state index in [-0.39, 0.29) is 17.5 Å². The molecule has 0 aliphatic carbocycles. The smallest absolute Gasteiger partial charge is 0.337 e. The monoisotopic (exact) mass is 392 g/mol. The lowest BCUT2D eigenvalue weighted by molar-refractivity contribution is 0.0696. The van der Waals surface area contributed by atoms with Gasteiger partial charge in [0.15, 0.2) is 0 Å². The van der Waals surface area contributed by atoms with Crippen molar-refractivity contribution >= 4 is 27.6 Å². The Balaban J connectivity index is 2.19. The molecule has 140 valence electrons. The van der Waals surface area contributed by atoms with Crippen molar-refractivity contribution in [1.29, 1.82) is 0 Å². The first-order valence-corrected chi connectivity index (χ1v) is 9.85. The number of rotatable bonds is 7. The minimum atomic E-state index is -4.15. The molecule has 0 aromatic heterocycles. The first-order chi connectivity index (χ1) is 11.6. The largest absolute Gasteiger partial charge is 0.478 e. The summed E-state index contributed by atoms with van der Waals surface area (Å²) >= 11 is 5.67. The standard InChI is InChI=1S/C16H22ClFN2O4S/c1-11(10-20-5-3-4-6-20)9-19(2)25(23,24)15-7-12(16(21)22)13(17)8-14(15)18/h7-8,11H,3-6,9-10H2,1-2H3,(H,21,22). The highest BCUT2D eigenvalue weighted by Crippen LogP contribution is 2.26. The SMILES string of the molecule is CC(CN1CCCC1)CN(C)S(=O)(=O)c1cc(C(=O)O)c(Cl)cc1F. The number of sulfonamides is 1. The second kappa shape index (κ2) is 7.99. The first kappa shape index (κ1) is 20.1. The van der Waals surface area contributed by atoms with E-state index in [4.69, 9.17) is 16.7 Å². The summed E-state index contributed by atoms with van der Waals surface area (Å²) in [6, 6.07) is 1.50. The molecule has 6 nitrogen and oxygen atoms in total. The summed E-state index contributed by atoms with van der Waals surface area (Å²) in [4.78, 5) is 12.7. The van der Waals surface area contributed by atoms with E-state index in [1.807, 2.05) is 6.92 Å². The van der Waals surface area contributed by atoms with Crippen molar-refractivity contribution in [2.45, 2.75) is 24.7 Å². The van der Waals surface area contributed by atoms with Crippen molar-refractivity contribution in [2.75, 3.05) is 33.2 Å². The number of carboxylic acids is 1. The van der Waals surface area contributed by atoms with E-state index in [0.717, 1.165) is 48.9 Å². The van der Waals surface area contributed by atoms with Crippen LogP contribution in [0.4, 0.5) is 4.39 Å². The molecule has 1 fully saturated rings. The number of carbonyl (C=O) groups is 1. The van der Waals surface area contributed by atoms with Gasteiger partial charge < -0.3 is 10.0 Å². The Morgan fingerprint density at radius 3 is 2.56 bits per heavy atom. The molecule has 0 bridgehead atoms. The van der Waals surface area contributed by atoms with Gasteiger partial charge in [-0.3, -0.25) is 0 Å². The lowest BCUT2D eigenvalue weighted by Gasteiger charge is -2.25. The second-order valence-electron chi connectivity index (χ2n) is 6.47. The number of halogens is 2. The van der Waals surface area contributed by atoms with Gasteiger partial charge >= 0.3 is 5.97 Å². The molecule has 1 unspecified atom stereocenters. The molecule has 1 heterocycles. The maximum Gasteiger partial charge on any atom is 0.337 e. The average Bonchev–Trinajstić information content (AvgIpc) is 2.99. The molecule has 0 saturated carbocycles. The molecule has 1 aromatic carbocycles. The summed E-state index contributed by atoms with van der Waals surface area (Å²) in [5.41, 5.74) is -0.444. The van der Waals surface area contributed by atoms with Crippen molar-refractivity contribution in [3.8, 4) is 0 Å². The number of hydrogen-bond donors (Lipinski definition) is 1. The zero-order valence-electron chi connectivity index (χ0n) is 14.2. The van der Waals surface area contributed by atoms with Crippen LogP contribution >= 0.6 is 11.6 Å². The highest BCUT2D eigenvalue weighted by Gasteiger charge is 2.28. The highest BCUT2D eigenvalue weighted by atomic mass is 35.5. The van der Waals surface area contributed by atoms with Crippen LogP contribution in [0.3, 0.4) is 0 Å². The van der Waals surface area contributed by atoms with Crippen LogP contribution in [0.5, 0.6) is 0 Å². The molecule has 1 saturated heterocycles. The van der Waals surface area contributed by atoms with Gasteiger partial charge in [-0.05, 0) is 44.0 Å². The Labute approximate surface area is 152 Å². The fourth-order valence-corrected chi connectivity index (χ4v) is 4.65. The van der Waals surface area contributed by atoms with Gasteiger partial charge in [0.2, 0.25) is 10.0 Å². The molecule has 0 spiro atoms. The van der Waals surface area contributed by atoms with E-state index in [2.05, 4.69) is 4.90 Å². The number of nitrogens with zero attached hydrogens (tertiary/aromatic N) is 2. The van der Waals surface area contributed by atoms with E-state index in [1.54, 1.807) is 0 Å². The Morgan fingerprint density at radius 2 is 2.00 bits per heavy atom. The van der Waals surface area contributed by atoms with Crippen molar-refractivity contribution in [3.05, 3.63) is 28.5 Å². The molecule has 1 aliphatic heterocycles. The average molecular weight is 393 g/mol. The summed E-state index contributed by atoms with van der Waals surface area (Å²) in [7, 11) is -2.79. The van der Waals surface area contributed by atoms with Crippen LogP contribution < -0.4 is 0 Å². The molecule has 1 N–H and O–H groups in total. The van der Waals surface area contributed by atoms with E-state index in [1.165, 1.54) is 7.05 Å². The molecule has 0 amide bonds. The number of aromatic carboxylic acids is 1. The first-order valence-electron chi connectivity index (χ1n) is 8.04. The van der Waals surface area contributed by atoms with Gasteiger partial charge in [0.05, 0.1) is 10.6 Å². The van der Waals surface area contributed by atoms with Gasteiger partial charge in [-0.25, -0.2) is 21.9 Å². The Hall–Kier alpha value is -1.22. The lowest BCUT2D eigenvalue weighted by Crippen LogP contribution is -2.36. The van der Waals surface area contributed by atoms with Crippen molar-refractivity contribution in [1.82, 2.24) is 9.21 Å². The van der Waals surface area contributed by atoms with Gasteiger partial charge in [0, 0.05) is 20.1 Å². The van der Waals surface area contributed by atoms with Crippen LogP contribution in [0.1, 0.15) is 30.1 Å². The number of benzene rings is 1. The van der Waals surface area contributed by atoms with E-state index in [9.17, 15) is 17.6 Å². The summed E-state index contributed by atoms with van der Waals surface area (Å²) < 4.78 is 40.5. The molecular formula is C16H22ClFN2O4S. The zero-order chi connectivity index (χ0) is 18.8. The van der Waals surface area contributed by atoms with Gasteiger partial charge in [-0.15, -0.1) is 0 Å². The Kier molecular flexibility index (Phi) is 6.42. The molecular weight excluding hydrogens is 371 g/mol. The molecule has 25 heavy (non-hydrogen) atoms. The fourth-order valence-electron chi connectivity index (χ4n) is 3.06. The fraction of sp³-hybridized carbons (Fsp3) is 0.562. The molecule has 9 heteroatoms. The molecule has 1 aliphatic rings. The number of hydrogen-bond acceptors (Lipinski definition) is 4. The van der Waals surface area contributed by atoms with Crippen molar-refractivity contribution in [2.24, 2.45) is 5.92 Å². The lowest BCUT2D eigenvalue weighted by atomic mass is 10.2. The van der Waals surface area contributed by atoms with Crippen LogP contribution in [0.25, 0.3) is 0 Å². The summed E-state index contributed by atoms with van der Waals surface area (Å²) in [6.45, 7) is 4.93. The summed E-state index contributed by atoms with van der Waals surface area (Å²) in [5, 5.41) is 8.73. The van der Waals surface area contributed by atoms with E-state index in [0.29, 0.717) is 0 Å².